The molecule has 0 aliphatic heterocycles. The largest absolute Gasteiger partial charge is 0.313 e. The fourth-order valence-corrected chi connectivity index (χ4v) is 18.2. The van der Waals surface area contributed by atoms with Crippen LogP contribution in [0.5, 0.6) is 0 Å². The van der Waals surface area contributed by atoms with Crippen LogP contribution < -0.4 is 21.2 Å². The van der Waals surface area contributed by atoms with Crippen molar-refractivity contribution in [1.29, 1.82) is 0 Å². The Kier molecular flexibility index (Phi) is 8.64. The highest BCUT2D eigenvalue weighted by molar-refractivity contribution is 9.15. The van der Waals surface area contributed by atoms with Crippen LogP contribution >= 0.6 is 78.0 Å². The second kappa shape index (κ2) is 11.4. The van der Waals surface area contributed by atoms with Crippen LogP contribution in [0.4, 0.5) is 0 Å². The molecule has 0 amide bonds. The SMILES string of the molecule is CC1(Br)C(Br)=C(P(=O)(c2ccccc2)c2ccccc2)C(Br)=C(Br)C1(C)P(=O)(c1ccccc1)c1ccccc1. The Labute approximate surface area is 269 Å². The maximum absolute atomic E-state index is 15.9. The summed E-state index contributed by atoms with van der Waals surface area (Å²) in [6.07, 6.45) is 0. The number of rotatable bonds is 6. The van der Waals surface area contributed by atoms with Gasteiger partial charge < -0.3 is 9.13 Å². The average molecular weight is 824 g/mol. The highest BCUT2D eigenvalue weighted by atomic mass is 79.9. The van der Waals surface area contributed by atoms with E-state index in [1.807, 2.05) is 135 Å². The summed E-state index contributed by atoms with van der Waals surface area (Å²) in [5.41, 5.74) is 0. The number of alkyl halides is 1. The van der Waals surface area contributed by atoms with Gasteiger partial charge in [-0.1, -0.05) is 169 Å². The van der Waals surface area contributed by atoms with E-state index >= 15 is 9.13 Å². The maximum Gasteiger partial charge on any atom is 0.173 e. The van der Waals surface area contributed by atoms with Gasteiger partial charge in [0, 0.05) is 40.0 Å². The molecule has 40 heavy (non-hydrogen) atoms. The van der Waals surface area contributed by atoms with E-state index in [-0.39, 0.29) is 0 Å². The lowest BCUT2D eigenvalue weighted by Crippen LogP contribution is -2.52. The van der Waals surface area contributed by atoms with Crippen molar-refractivity contribution >= 4 is 99.2 Å². The first-order valence-electron chi connectivity index (χ1n) is 12.6. The van der Waals surface area contributed by atoms with Crippen molar-refractivity contribution in [2.45, 2.75) is 23.3 Å². The number of allylic oxidation sites excluding steroid dienone is 4. The van der Waals surface area contributed by atoms with E-state index in [4.69, 9.17) is 0 Å². The Morgan fingerprint density at radius 1 is 0.525 bits per heavy atom. The fourth-order valence-electron chi connectivity index (χ4n) is 5.39. The van der Waals surface area contributed by atoms with Gasteiger partial charge in [-0.2, -0.15) is 0 Å². The van der Waals surface area contributed by atoms with Crippen LogP contribution in [0, 0.1) is 0 Å². The van der Waals surface area contributed by atoms with E-state index < -0.39 is 23.8 Å². The van der Waals surface area contributed by atoms with Crippen molar-refractivity contribution in [2.24, 2.45) is 0 Å². The molecule has 0 radical (unpaired) electrons. The van der Waals surface area contributed by atoms with Crippen LogP contribution in [0.3, 0.4) is 0 Å². The fraction of sp³-hybridized carbons (Fsp3) is 0.125. The summed E-state index contributed by atoms with van der Waals surface area (Å²) in [7, 11) is -6.83. The molecule has 0 saturated heterocycles. The van der Waals surface area contributed by atoms with Crippen LogP contribution in [0.25, 0.3) is 0 Å². The molecule has 4 aromatic rings. The topological polar surface area (TPSA) is 34.1 Å². The minimum Gasteiger partial charge on any atom is -0.313 e. The molecule has 1 aliphatic carbocycles. The zero-order valence-corrected chi connectivity index (χ0v) is 29.9. The summed E-state index contributed by atoms with van der Waals surface area (Å²) in [4.78, 5) is 0. The summed E-state index contributed by atoms with van der Waals surface area (Å²) < 4.78 is 32.5. The lowest BCUT2D eigenvalue weighted by atomic mass is 9.90. The molecule has 0 aromatic heterocycles. The zero-order chi connectivity index (χ0) is 28.8. The van der Waals surface area contributed by atoms with E-state index in [2.05, 4.69) is 63.7 Å². The van der Waals surface area contributed by atoms with Gasteiger partial charge in [-0.15, -0.1) is 0 Å². The van der Waals surface area contributed by atoms with Crippen molar-refractivity contribution in [3.05, 3.63) is 140 Å². The van der Waals surface area contributed by atoms with Gasteiger partial charge in [0.05, 0.1) is 9.48 Å². The van der Waals surface area contributed by atoms with Crippen LogP contribution in [0.2, 0.25) is 0 Å². The first-order valence-corrected chi connectivity index (χ1v) is 19.2. The molecule has 5 rings (SSSR count). The molecule has 4 aromatic carbocycles. The Bertz CT molecular complexity index is 1620. The molecule has 8 heteroatoms. The highest BCUT2D eigenvalue weighted by Gasteiger charge is 2.63. The van der Waals surface area contributed by atoms with E-state index in [1.165, 1.54) is 0 Å². The molecule has 0 fully saturated rings. The van der Waals surface area contributed by atoms with Crippen molar-refractivity contribution in [3.63, 3.8) is 0 Å². The van der Waals surface area contributed by atoms with Gasteiger partial charge in [0.15, 0.2) is 14.3 Å². The monoisotopic (exact) mass is 820 g/mol. The minimum absolute atomic E-state index is 0.626. The van der Waals surface area contributed by atoms with Crippen molar-refractivity contribution in [3.8, 4) is 0 Å². The minimum atomic E-state index is -3.42. The number of hydrogen-bond acceptors (Lipinski definition) is 2. The third-order valence-corrected chi connectivity index (χ3v) is 21.5. The molecule has 0 bridgehead atoms. The second-order valence-corrected chi connectivity index (χ2v) is 19.7. The third-order valence-electron chi connectivity index (χ3n) is 7.79. The number of hydrogen-bond donors (Lipinski definition) is 0. The maximum atomic E-state index is 15.9. The Hall–Kier alpha value is -1.26. The van der Waals surface area contributed by atoms with Crippen molar-refractivity contribution in [1.82, 2.24) is 0 Å². The van der Waals surface area contributed by atoms with E-state index in [0.29, 0.717) is 29.4 Å². The normalized spacial score (nSPS) is 21.9. The quantitative estimate of drug-likeness (QED) is 0.144. The van der Waals surface area contributed by atoms with Crippen molar-refractivity contribution in [2.75, 3.05) is 0 Å². The first-order chi connectivity index (χ1) is 19.0. The summed E-state index contributed by atoms with van der Waals surface area (Å²) in [6.45, 7) is 4.03. The Morgan fingerprint density at radius 3 is 1.20 bits per heavy atom. The number of halogens is 4. The third kappa shape index (κ3) is 4.45. The van der Waals surface area contributed by atoms with E-state index in [0.717, 1.165) is 10.6 Å². The van der Waals surface area contributed by atoms with Gasteiger partial charge in [-0.05, 0) is 29.8 Å². The van der Waals surface area contributed by atoms with Crippen LogP contribution in [-0.4, -0.2) is 9.48 Å². The van der Waals surface area contributed by atoms with Gasteiger partial charge in [0.25, 0.3) is 0 Å². The molecule has 0 N–H and O–H groups in total. The highest BCUT2D eigenvalue weighted by Crippen LogP contribution is 2.75. The molecule has 2 unspecified atom stereocenters. The summed E-state index contributed by atoms with van der Waals surface area (Å²) >= 11 is 15.8. The summed E-state index contributed by atoms with van der Waals surface area (Å²) in [5.74, 6) is 0. The van der Waals surface area contributed by atoms with E-state index in [1.54, 1.807) is 0 Å². The van der Waals surface area contributed by atoms with E-state index in [9.17, 15) is 0 Å². The van der Waals surface area contributed by atoms with Gasteiger partial charge in [0.1, 0.15) is 0 Å². The lowest BCUT2D eigenvalue weighted by Gasteiger charge is -2.51. The molecular weight excluding hydrogens is 798 g/mol. The van der Waals surface area contributed by atoms with Gasteiger partial charge in [-0.25, -0.2) is 0 Å². The number of benzene rings is 4. The van der Waals surface area contributed by atoms with Crippen LogP contribution in [-0.2, 0) is 9.13 Å². The lowest BCUT2D eigenvalue weighted by molar-refractivity contribution is 0.541. The predicted octanol–water partition coefficient (Wildman–Crippen LogP) is 9.55. The van der Waals surface area contributed by atoms with Crippen LogP contribution in [0.1, 0.15) is 13.8 Å². The van der Waals surface area contributed by atoms with Gasteiger partial charge in [0.2, 0.25) is 0 Å². The van der Waals surface area contributed by atoms with Gasteiger partial charge >= 0.3 is 0 Å². The molecule has 0 saturated carbocycles. The average Bonchev–Trinajstić information content (AvgIpc) is 3.00. The molecule has 1 aliphatic rings. The smallest absolute Gasteiger partial charge is 0.173 e. The summed E-state index contributed by atoms with van der Waals surface area (Å²) in [6, 6.07) is 38.4. The zero-order valence-electron chi connectivity index (χ0n) is 21.8. The Balaban J connectivity index is 1.87. The second-order valence-electron chi connectivity index (χ2n) is 9.93. The molecule has 2 atom stereocenters. The van der Waals surface area contributed by atoms with Gasteiger partial charge in [-0.3, -0.25) is 0 Å². The van der Waals surface area contributed by atoms with Crippen LogP contribution in [0.15, 0.2) is 140 Å². The standard InChI is InChI=1S/C32H26Br4O2P2/c1-31(36)30(35)28(39(37,23-15-7-3-8-16-23)24-17-9-4-10-18-24)27(33)29(34)32(31,2)40(38,25-19-11-5-12-20-25)26-21-13-6-14-22-26/h3-22H,1-2H3. The molecule has 0 spiro atoms. The molecule has 204 valence electrons. The summed E-state index contributed by atoms with van der Waals surface area (Å²) in [5, 5.41) is 2.51. The first kappa shape index (κ1) is 30.2. The molecular formula is C32H26Br4O2P2. The molecule has 0 heterocycles. The Morgan fingerprint density at radius 2 is 0.850 bits per heavy atom. The van der Waals surface area contributed by atoms with Crippen molar-refractivity contribution < 1.29 is 9.13 Å². The predicted molar refractivity (Wildman–Crippen MR) is 186 cm³/mol. The molecule has 2 nitrogen and oxygen atoms in total.